The summed E-state index contributed by atoms with van der Waals surface area (Å²) in [5.74, 6) is 0. The van der Waals surface area contributed by atoms with Gasteiger partial charge in [-0.25, -0.2) is 9.97 Å². The molecule has 2 nitrogen and oxygen atoms in total. The molecule has 0 aromatic carbocycles. The van der Waals surface area contributed by atoms with Crippen LogP contribution >= 0.6 is 45.5 Å². The summed E-state index contributed by atoms with van der Waals surface area (Å²) in [6.07, 6.45) is 1.75. The van der Waals surface area contributed by atoms with E-state index in [4.69, 9.17) is 11.6 Å². The molecule has 0 radical (unpaired) electrons. The van der Waals surface area contributed by atoms with Crippen molar-refractivity contribution in [3.8, 4) is 0 Å². The predicted octanol–water partition coefficient (Wildman–Crippen LogP) is 2.95. The van der Waals surface area contributed by atoms with Crippen molar-refractivity contribution in [2.75, 3.05) is 0 Å². The zero-order valence-corrected chi connectivity index (χ0v) is 8.94. The number of nitrogens with zero attached hydrogens (tertiary/aromatic N) is 2. The maximum Gasteiger partial charge on any atom is 0.222 e. The third kappa shape index (κ3) is 1.47. The summed E-state index contributed by atoms with van der Waals surface area (Å²) >= 11 is 9.52. The van der Waals surface area contributed by atoms with Crippen LogP contribution in [0.2, 0.25) is 5.28 Å². The fourth-order valence-corrected chi connectivity index (χ4v) is 2.63. The Morgan fingerprint density at radius 1 is 1.55 bits per heavy atom. The molecule has 0 bridgehead atoms. The lowest BCUT2D eigenvalue weighted by molar-refractivity contribution is 1.23. The van der Waals surface area contributed by atoms with E-state index in [1.165, 1.54) is 2.88 Å². The van der Waals surface area contributed by atoms with E-state index in [9.17, 15) is 0 Å². The molecule has 56 valence electrons. The maximum atomic E-state index is 5.61. The lowest BCUT2D eigenvalue weighted by Gasteiger charge is -1.86. The second-order valence-corrected chi connectivity index (χ2v) is 5.26. The number of fused-ring (bicyclic) bond motifs is 1. The van der Waals surface area contributed by atoms with E-state index in [1.54, 1.807) is 17.5 Å². The van der Waals surface area contributed by atoms with Crippen molar-refractivity contribution < 1.29 is 0 Å². The highest BCUT2D eigenvalue weighted by Crippen LogP contribution is 2.24. The second kappa shape index (κ2) is 2.84. The van der Waals surface area contributed by atoms with Crippen LogP contribution in [0.4, 0.5) is 0 Å². The van der Waals surface area contributed by atoms with Crippen LogP contribution in [0.1, 0.15) is 0 Å². The molecule has 0 spiro atoms. The van der Waals surface area contributed by atoms with Crippen LogP contribution < -0.4 is 0 Å². The van der Waals surface area contributed by atoms with Crippen molar-refractivity contribution in [2.45, 2.75) is 0 Å². The van der Waals surface area contributed by atoms with Gasteiger partial charge in [0.05, 0.1) is 13.1 Å². The van der Waals surface area contributed by atoms with Crippen LogP contribution in [0.3, 0.4) is 0 Å². The molecule has 0 saturated carbocycles. The van der Waals surface area contributed by atoms with E-state index in [0.29, 0.717) is 5.28 Å². The van der Waals surface area contributed by atoms with Crippen LogP contribution in [0.15, 0.2) is 12.3 Å². The Bertz CT molecular complexity index is 400. The van der Waals surface area contributed by atoms with Crippen LogP contribution in [0, 0.1) is 2.88 Å². The van der Waals surface area contributed by atoms with Crippen molar-refractivity contribution in [3.63, 3.8) is 0 Å². The predicted molar refractivity (Wildman–Crippen MR) is 55.1 cm³/mol. The Morgan fingerprint density at radius 3 is 3.18 bits per heavy atom. The van der Waals surface area contributed by atoms with E-state index in [1.807, 2.05) is 6.07 Å². The first kappa shape index (κ1) is 7.70. The molecule has 0 amide bonds. The highest BCUT2D eigenvalue weighted by molar-refractivity contribution is 14.1. The van der Waals surface area contributed by atoms with E-state index in [2.05, 4.69) is 32.6 Å². The topological polar surface area (TPSA) is 25.8 Å². The first-order valence-electron chi connectivity index (χ1n) is 2.83. The van der Waals surface area contributed by atoms with Gasteiger partial charge in [0, 0.05) is 6.20 Å². The third-order valence-corrected chi connectivity index (χ3v) is 3.21. The summed E-state index contributed by atoms with van der Waals surface area (Å²) < 4.78 is 2.29. The minimum Gasteiger partial charge on any atom is -0.225 e. The first-order chi connectivity index (χ1) is 5.25. The fourth-order valence-electron chi connectivity index (χ4n) is 0.785. The van der Waals surface area contributed by atoms with E-state index >= 15 is 0 Å². The molecular weight excluding hydrogens is 295 g/mol. The van der Waals surface area contributed by atoms with Gasteiger partial charge >= 0.3 is 0 Å². The average Bonchev–Trinajstić information content (AvgIpc) is 2.27. The standard InChI is InChI=1S/C6H2ClIN2S/c7-6-9-2-4-3(10-6)1-5(8)11-4/h1-2H. The van der Waals surface area contributed by atoms with Gasteiger partial charge in [-0.2, -0.15) is 0 Å². The zero-order chi connectivity index (χ0) is 7.84. The van der Waals surface area contributed by atoms with Crippen molar-refractivity contribution in [2.24, 2.45) is 0 Å². The largest absolute Gasteiger partial charge is 0.225 e. The summed E-state index contributed by atoms with van der Waals surface area (Å²) in [6.45, 7) is 0. The molecule has 11 heavy (non-hydrogen) atoms. The van der Waals surface area contributed by atoms with Gasteiger partial charge in [0.25, 0.3) is 0 Å². The molecule has 0 aliphatic rings. The second-order valence-electron chi connectivity index (χ2n) is 1.94. The summed E-state index contributed by atoms with van der Waals surface area (Å²) in [5, 5.41) is 0.312. The van der Waals surface area contributed by atoms with Gasteiger partial charge in [-0.3, -0.25) is 0 Å². The number of rotatable bonds is 0. The normalized spacial score (nSPS) is 10.7. The van der Waals surface area contributed by atoms with Gasteiger partial charge in [-0.15, -0.1) is 11.3 Å². The average molecular weight is 297 g/mol. The summed E-state index contributed by atoms with van der Waals surface area (Å²) in [5.41, 5.74) is 0.930. The molecule has 5 heteroatoms. The van der Waals surface area contributed by atoms with Crippen LogP contribution in [-0.2, 0) is 0 Å². The number of thiophene rings is 1. The fraction of sp³-hybridized carbons (Fsp3) is 0. The molecule has 2 heterocycles. The SMILES string of the molecule is Clc1ncc2sc(I)cc2n1. The van der Waals surface area contributed by atoms with Gasteiger partial charge in [0.15, 0.2) is 0 Å². The van der Waals surface area contributed by atoms with Crippen LogP contribution in [-0.4, -0.2) is 9.97 Å². The van der Waals surface area contributed by atoms with Gasteiger partial charge in [-0.1, -0.05) is 0 Å². The Morgan fingerprint density at radius 2 is 2.36 bits per heavy atom. The number of hydrogen-bond acceptors (Lipinski definition) is 3. The van der Waals surface area contributed by atoms with Gasteiger partial charge in [0.2, 0.25) is 5.28 Å². The van der Waals surface area contributed by atoms with E-state index in [-0.39, 0.29) is 0 Å². The summed E-state index contributed by atoms with van der Waals surface area (Å²) in [4.78, 5) is 7.94. The molecule has 2 rings (SSSR count). The van der Waals surface area contributed by atoms with Crippen molar-refractivity contribution in [3.05, 3.63) is 20.4 Å². The van der Waals surface area contributed by atoms with Gasteiger partial charge < -0.3 is 0 Å². The van der Waals surface area contributed by atoms with Crippen molar-refractivity contribution >= 4 is 55.7 Å². The Hall–Kier alpha value is 0.0600. The van der Waals surface area contributed by atoms with Crippen molar-refractivity contribution in [1.29, 1.82) is 0 Å². The zero-order valence-electron chi connectivity index (χ0n) is 5.21. The Labute approximate surface area is 85.8 Å². The lowest BCUT2D eigenvalue weighted by Crippen LogP contribution is -1.77. The number of aromatic nitrogens is 2. The highest BCUT2D eigenvalue weighted by Gasteiger charge is 2.00. The summed E-state index contributed by atoms with van der Waals surface area (Å²) in [6, 6.07) is 1.99. The number of hydrogen-bond donors (Lipinski definition) is 0. The van der Waals surface area contributed by atoms with Crippen molar-refractivity contribution in [1.82, 2.24) is 9.97 Å². The molecular formula is C6H2ClIN2S. The minimum absolute atomic E-state index is 0.312. The highest BCUT2D eigenvalue weighted by atomic mass is 127. The molecule has 0 fully saturated rings. The van der Waals surface area contributed by atoms with Crippen LogP contribution in [0.5, 0.6) is 0 Å². The number of halogens is 2. The summed E-state index contributed by atoms with van der Waals surface area (Å²) in [7, 11) is 0. The minimum atomic E-state index is 0.312. The Balaban J connectivity index is 2.82. The van der Waals surface area contributed by atoms with E-state index in [0.717, 1.165) is 10.2 Å². The molecule has 0 N–H and O–H groups in total. The molecule has 0 unspecified atom stereocenters. The van der Waals surface area contributed by atoms with Gasteiger partial charge in [0.1, 0.15) is 0 Å². The smallest absolute Gasteiger partial charge is 0.222 e. The Kier molecular flexibility index (Phi) is 1.98. The molecule has 0 aliphatic carbocycles. The lowest BCUT2D eigenvalue weighted by atomic mass is 10.5. The van der Waals surface area contributed by atoms with Crippen LogP contribution in [0.25, 0.3) is 10.2 Å². The monoisotopic (exact) mass is 296 g/mol. The maximum absolute atomic E-state index is 5.61. The molecule has 0 atom stereocenters. The quantitative estimate of drug-likeness (QED) is 0.552. The molecule has 0 aliphatic heterocycles. The van der Waals surface area contributed by atoms with Gasteiger partial charge in [-0.05, 0) is 40.3 Å². The first-order valence-corrected chi connectivity index (χ1v) is 5.10. The molecule has 0 saturated heterocycles. The van der Waals surface area contributed by atoms with E-state index < -0.39 is 0 Å². The third-order valence-electron chi connectivity index (χ3n) is 1.21. The molecule has 2 aromatic heterocycles. The molecule has 2 aromatic rings.